The first-order valence-electron chi connectivity index (χ1n) is 8.39. The van der Waals surface area contributed by atoms with Crippen molar-refractivity contribution in [3.8, 4) is 10.6 Å². The highest BCUT2D eigenvalue weighted by Crippen LogP contribution is 2.36. The molecule has 0 radical (unpaired) electrons. The van der Waals surface area contributed by atoms with Crippen LogP contribution in [0.5, 0.6) is 0 Å². The molecule has 3 heterocycles. The quantitative estimate of drug-likeness (QED) is 0.578. The van der Waals surface area contributed by atoms with Gasteiger partial charge in [0.15, 0.2) is 5.65 Å². The third-order valence-electron chi connectivity index (χ3n) is 4.24. The lowest BCUT2D eigenvalue weighted by molar-refractivity contribution is 0.528. The molecule has 3 aromatic rings. The van der Waals surface area contributed by atoms with Crippen LogP contribution in [0.1, 0.15) is 57.6 Å². The van der Waals surface area contributed by atoms with Crippen LogP contribution in [-0.4, -0.2) is 19.6 Å². The normalized spacial score (nSPS) is 12.8. The van der Waals surface area contributed by atoms with Gasteiger partial charge in [0, 0.05) is 17.5 Å². The second-order valence-corrected chi connectivity index (χ2v) is 7.64. The fourth-order valence-electron chi connectivity index (χ4n) is 3.01. The standard InChI is InChI=1S/C17H22BrN5S/c1-3-5-7-11(6-4-2)14-13(18)15(19)23-16(22-14)12(10-21-23)17-20-8-9-24-17/h8-11H,3-7,19H2,1-2H3. The summed E-state index contributed by atoms with van der Waals surface area (Å²) in [4.78, 5) is 9.36. The van der Waals surface area contributed by atoms with Gasteiger partial charge in [0.2, 0.25) is 0 Å². The van der Waals surface area contributed by atoms with E-state index >= 15 is 0 Å². The Morgan fingerprint density at radius 1 is 1.29 bits per heavy atom. The molecule has 0 saturated heterocycles. The predicted molar refractivity (Wildman–Crippen MR) is 103 cm³/mol. The lowest BCUT2D eigenvalue weighted by Crippen LogP contribution is -2.10. The van der Waals surface area contributed by atoms with Crippen molar-refractivity contribution in [2.45, 2.75) is 51.9 Å². The molecule has 0 fully saturated rings. The first-order valence-corrected chi connectivity index (χ1v) is 10.1. The molecule has 1 atom stereocenters. The van der Waals surface area contributed by atoms with Crippen LogP contribution < -0.4 is 5.73 Å². The molecule has 5 nitrogen and oxygen atoms in total. The smallest absolute Gasteiger partial charge is 0.167 e. The van der Waals surface area contributed by atoms with Crippen molar-refractivity contribution in [2.24, 2.45) is 0 Å². The van der Waals surface area contributed by atoms with E-state index in [9.17, 15) is 0 Å². The first-order chi connectivity index (χ1) is 11.7. The number of nitrogen functional groups attached to an aromatic ring is 1. The average molecular weight is 408 g/mol. The number of fused-ring (bicyclic) bond motifs is 1. The van der Waals surface area contributed by atoms with Crippen LogP contribution in [0.25, 0.3) is 16.2 Å². The van der Waals surface area contributed by atoms with E-state index in [4.69, 9.17) is 10.7 Å². The average Bonchev–Trinajstić information content (AvgIpc) is 3.23. The Morgan fingerprint density at radius 2 is 2.12 bits per heavy atom. The summed E-state index contributed by atoms with van der Waals surface area (Å²) in [7, 11) is 0. The number of nitrogens with zero attached hydrogens (tertiary/aromatic N) is 4. The fraction of sp³-hybridized carbons (Fsp3) is 0.471. The molecule has 0 amide bonds. The number of aromatic nitrogens is 4. The Kier molecular flexibility index (Phi) is 5.50. The molecule has 0 spiro atoms. The molecule has 1 unspecified atom stereocenters. The van der Waals surface area contributed by atoms with Crippen molar-refractivity contribution in [3.63, 3.8) is 0 Å². The number of rotatable bonds is 7. The molecule has 0 bridgehead atoms. The van der Waals surface area contributed by atoms with Crippen molar-refractivity contribution < 1.29 is 0 Å². The minimum Gasteiger partial charge on any atom is -0.383 e. The summed E-state index contributed by atoms with van der Waals surface area (Å²) in [5.41, 5.74) is 9.13. The van der Waals surface area contributed by atoms with Crippen molar-refractivity contribution in [1.82, 2.24) is 19.6 Å². The highest BCUT2D eigenvalue weighted by atomic mass is 79.9. The molecule has 0 aromatic carbocycles. The zero-order valence-electron chi connectivity index (χ0n) is 14.0. The molecule has 24 heavy (non-hydrogen) atoms. The number of thiazole rings is 1. The molecule has 0 aliphatic rings. The van der Waals surface area contributed by atoms with Gasteiger partial charge in [-0.3, -0.25) is 0 Å². The van der Waals surface area contributed by atoms with Gasteiger partial charge >= 0.3 is 0 Å². The van der Waals surface area contributed by atoms with Gasteiger partial charge in [0.1, 0.15) is 10.8 Å². The van der Waals surface area contributed by atoms with Gasteiger partial charge in [-0.2, -0.15) is 9.61 Å². The number of nitrogens with two attached hydrogens (primary N) is 1. The summed E-state index contributed by atoms with van der Waals surface area (Å²) in [6, 6.07) is 0. The zero-order chi connectivity index (χ0) is 17.1. The SMILES string of the molecule is CCCCC(CCC)c1nc2c(-c3nccs3)cnn2c(N)c1Br. The van der Waals surface area contributed by atoms with Gasteiger partial charge in [-0.25, -0.2) is 9.97 Å². The van der Waals surface area contributed by atoms with Gasteiger partial charge < -0.3 is 5.73 Å². The molecular weight excluding hydrogens is 386 g/mol. The number of unbranched alkanes of at least 4 members (excludes halogenated alkanes) is 1. The molecule has 0 saturated carbocycles. The number of halogens is 1. The highest BCUT2D eigenvalue weighted by Gasteiger charge is 2.22. The lowest BCUT2D eigenvalue weighted by atomic mass is 9.93. The molecule has 0 aliphatic heterocycles. The highest BCUT2D eigenvalue weighted by molar-refractivity contribution is 9.10. The van der Waals surface area contributed by atoms with Gasteiger partial charge in [-0.05, 0) is 28.8 Å². The topological polar surface area (TPSA) is 69.1 Å². The summed E-state index contributed by atoms with van der Waals surface area (Å²) in [5.74, 6) is 1.02. The van der Waals surface area contributed by atoms with E-state index in [0.717, 1.165) is 45.6 Å². The van der Waals surface area contributed by atoms with Gasteiger partial charge in [-0.15, -0.1) is 11.3 Å². The maximum Gasteiger partial charge on any atom is 0.167 e. The van der Waals surface area contributed by atoms with Gasteiger partial charge in [0.25, 0.3) is 0 Å². The van der Waals surface area contributed by atoms with E-state index in [-0.39, 0.29) is 0 Å². The Bertz CT molecular complexity index is 812. The maximum atomic E-state index is 6.34. The first kappa shape index (κ1) is 17.4. The Labute approximate surface area is 154 Å². The van der Waals surface area contributed by atoms with E-state index in [2.05, 4.69) is 39.9 Å². The molecule has 128 valence electrons. The summed E-state index contributed by atoms with van der Waals surface area (Å²) in [5, 5.41) is 7.29. The van der Waals surface area contributed by atoms with Crippen molar-refractivity contribution in [1.29, 1.82) is 0 Å². The summed E-state index contributed by atoms with van der Waals surface area (Å²) in [6.07, 6.45) is 9.36. The second kappa shape index (κ2) is 7.61. The van der Waals surface area contributed by atoms with Crippen molar-refractivity contribution in [3.05, 3.63) is 27.9 Å². The Balaban J connectivity index is 2.13. The van der Waals surface area contributed by atoms with Crippen LogP contribution in [0.2, 0.25) is 0 Å². The van der Waals surface area contributed by atoms with E-state index in [1.807, 2.05) is 5.38 Å². The second-order valence-electron chi connectivity index (χ2n) is 5.96. The lowest BCUT2D eigenvalue weighted by Gasteiger charge is -2.18. The Morgan fingerprint density at radius 3 is 2.79 bits per heavy atom. The fourth-order valence-corrected chi connectivity index (χ4v) is 4.23. The third kappa shape index (κ3) is 3.19. The Hall–Kier alpha value is -1.47. The summed E-state index contributed by atoms with van der Waals surface area (Å²) in [6.45, 7) is 4.44. The van der Waals surface area contributed by atoms with Crippen LogP contribution in [0.4, 0.5) is 5.82 Å². The summed E-state index contributed by atoms with van der Waals surface area (Å²) >= 11 is 5.25. The largest absolute Gasteiger partial charge is 0.383 e. The van der Waals surface area contributed by atoms with Crippen LogP contribution in [0.3, 0.4) is 0 Å². The van der Waals surface area contributed by atoms with Crippen LogP contribution in [0.15, 0.2) is 22.2 Å². The molecule has 3 rings (SSSR count). The van der Waals surface area contributed by atoms with E-state index in [0.29, 0.717) is 11.7 Å². The molecule has 2 N–H and O–H groups in total. The van der Waals surface area contributed by atoms with Crippen molar-refractivity contribution >= 4 is 38.7 Å². The van der Waals surface area contributed by atoms with E-state index < -0.39 is 0 Å². The molecule has 0 aliphatic carbocycles. The zero-order valence-corrected chi connectivity index (χ0v) is 16.4. The molecular formula is C17H22BrN5S. The number of hydrogen-bond acceptors (Lipinski definition) is 5. The van der Waals surface area contributed by atoms with Crippen molar-refractivity contribution in [2.75, 3.05) is 5.73 Å². The van der Waals surface area contributed by atoms with Gasteiger partial charge in [-0.1, -0.05) is 33.1 Å². The minimum absolute atomic E-state index is 0.413. The van der Waals surface area contributed by atoms with Crippen LogP contribution >= 0.6 is 27.3 Å². The van der Waals surface area contributed by atoms with Crippen LogP contribution in [0, 0.1) is 0 Å². The maximum absolute atomic E-state index is 6.34. The number of hydrogen-bond donors (Lipinski definition) is 1. The molecule has 3 aromatic heterocycles. The number of anilines is 1. The minimum atomic E-state index is 0.413. The molecule has 7 heteroatoms. The van der Waals surface area contributed by atoms with Crippen LogP contribution in [-0.2, 0) is 0 Å². The predicted octanol–water partition coefficient (Wildman–Crippen LogP) is 5.27. The van der Waals surface area contributed by atoms with E-state index in [1.165, 1.54) is 12.8 Å². The summed E-state index contributed by atoms with van der Waals surface area (Å²) < 4.78 is 2.57. The third-order valence-corrected chi connectivity index (χ3v) is 5.86. The van der Waals surface area contributed by atoms with E-state index in [1.54, 1.807) is 28.2 Å². The van der Waals surface area contributed by atoms with Gasteiger partial charge in [0.05, 0.1) is 21.9 Å². The monoisotopic (exact) mass is 407 g/mol.